The lowest BCUT2D eigenvalue weighted by Gasteiger charge is -2.06. The van der Waals surface area contributed by atoms with Crippen LogP contribution in [-0.4, -0.2) is 16.3 Å². The van der Waals surface area contributed by atoms with Crippen molar-refractivity contribution in [1.82, 2.24) is 15.1 Å². The van der Waals surface area contributed by atoms with Gasteiger partial charge in [0.25, 0.3) is 0 Å². The van der Waals surface area contributed by atoms with Crippen LogP contribution in [0.1, 0.15) is 36.7 Å². The molecule has 0 saturated carbocycles. The molecule has 0 saturated heterocycles. The standard InChI is InChI=1S/C16H23N3/c1-13(2)19-11-9-16(18-19)12-17-10-8-15-7-5-4-6-14(15)3/h4-7,9,11,13,17H,8,10,12H2,1-3H3. The van der Waals surface area contributed by atoms with E-state index >= 15 is 0 Å². The summed E-state index contributed by atoms with van der Waals surface area (Å²) in [4.78, 5) is 0. The highest BCUT2D eigenvalue weighted by Gasteiger charge is 2.02. The average Bonchev–Trinajstić information content (AvgIpc) is 2.85. The normalized spacial score (nSPS) is 11.2. The first-order chi connectivity index (χ1) is 9.16. The minimum atomic E-state index is 0.431. The average molecular weight is 257 g/mol. The van der Waals surface area contributed by atoms with Gasteiger partial charge in [-0.2, -0.15) is 5.10 Å². The van der Waals surface area contributed by atoms with Gasteiger partial charge in [-0.3, -0.25) is 4.68 Å². The molecule has 0 radical (unpaired) electrons. The van der Waals surface area contributed by atoms with E-state index in [-0.39, 0.29) is 0 Å². The van der Waals surface area contributed by atoms with Crippen molar-refractivity contribution in [3.05, 3.63) is 53.3 Å². The Morgan fingerprint density at radius 3 is 2.68 bits per heavy atom. The van der Waals surface area contributed by atoms with E-state index in [9.17, 15) is 0 Å². The molecule has 1 heterocycles. The summed E-state index contributed by atoms with van der Waals surface area (Å²) in [5, 5.41) is 7.98. The van der Waals surface area contributed by atoms with E-state index in [2.05, 4.69) is 61.5 Å². The van der Waals surface area contributed by atoms with Crippen LogP contribution >= 0.6 is 0 Å². The van der Waals surface area contributed by atoms with Gasteiger partial charge >= 0.3 is 0 Å². The summed E-state index contributed by atoms with van der Waals surface area (Å²) in [7, 11) is 0. The quantitative estimate of drug-likeness (QED) is 0.806. The molecule has 0 aliphatic rings. The highest BCUT2D eigenvalue weighted by Crippen LogP contribution is 2.07. The molecule has 0 amide bonds. The van der Waals surface area contributed by atoms with E-state index in [1.807, 2.05) is 10.9 Å². The molecule has 0 aliphatic carbocycles. The summed E-state index contributed by atoms with van der Waals surface area (Å²) >= 11 is 0. The predicted octanol–water partition coefficient (Wildman–Crippen LogP) is 3.10. The molecule has 0 spiro atoms. The van der Waals surface area contributed by atoms with E-state index in [0.29, 0.717) is 6.04 Å². The summed E-state index contributed by atoms with van der Waals surface area (Å²) < 4.78 is 2.00. The van der Waals surface area contributed by atoms with Gasteiger partial charge in [0.2, 0.25) is 0 Å². The fourth-order valence-corrected chi connectivity index (χ4v) is 2.09. The van der Waals surface area contributed by atoms with Crippen molar-refractivity contribution >= 4 is 0 Å². The van der Waals surface area contributed by atoms with Crippen LogP contribution in [0.5, 0.6) is 0 Å². The maximum atomic E-state index is 4.53. The van der Waals surface area contributed by atoms with Crippen LogP contribution in [0.3, 0.4) is 0 Å². The maximum absolute atomic E-state index is 4.53. The SMILES string of the molecule is Cc1ccccc1CCNCc1ccn(C(C)C)n1. The smallest absolute Gasteiger partial charge is 0.0762 e. The molecule has 2 rings (SSSR count). The monoisotopic (exact) mass is 257 g/mol. The van der Waals surface area contributed by atoms with Crippen molar-refractivity contribution in [1.29, 1.82) is 0 Å². The molecule has 1 N–H and O–H groups in total. The highest BCUT2D eigenvalue weighted by atomic mass is 15.3. The molecule has 3 nitrogen and oxygen atoms in total. The van der Waals surface area contributed by atoms with Crippen molar-refractivity contribution < 1.29 is 0 Å². The summed E-state index contributed by atoms with van der Waals surface area (Å²) in [6, 6.07) is 11.1. The Hall–Kier alpha value is -1.61. The lowest BCUT2D eigenvalue weighted by Crippen LogP contribution is -2.17. The largest absolute Gasteiger partial charge is 0.311 e. The minimum absolute atomic E-state index is 0.431. The van der Waals surface area contributed by atoms with E-state index in [4.69, 9.17) is 0 Å². The van der Waals surface area contributed by atoms with Crippen molar-refractivity contribution in [3.8, 4) is 0 Å². The molecule has 3 heteroatoms. The first-order valence-electron chi connectivity index (χ1n) is 6.96. The zero-order valence-electron chi connectivity index (χ0n) is 12.1. The summed E-state index contributed by atoms with van der Waals surface area (Å²) in [5.74, 6) is 0. The van der Waals surface area contributed by atoms with Gasteiger partial charge in [-0.15, -0.1) is 0 Å². The van der Waals surface area contributed by atoms with Crippen molar-refractivity contribution in [3.63, 3.8) is 0 Å². The Labute approximate surface area is 115 Å². The number of rotatable bonds is 6. The molecule has 0 bridgehead atoms. The van der Waals surface area contributed by atoms with Crippen LogP contribution in [0.4, 0.5) is 0 Å². The molecule has 1 aromatic heterocycles. The first-order valence-corrected chi connectivity index (χ1v) is 6.96. The van der Waals surface area contributed by atoms with E-state index < -0.39 is 0 Å². The van der Waals surface area contributed by atoms with Crippen LogP contribution in [0.2, 0.25) is 0 Å². The molecule has 0 fully saturated rings. The molecule has 19 heavy (non-hydrogen) atoms. The topological polar surface area (TPSA) is 29.9 Å². The van der Waals surface area contributed by atoms with Gasteiger partial charge in [0, 0.05) is 18.8 Å². The van der Waals surface area contributed by atoms with E-state index in [0.717, 1.165) is 25.2 Å². The lowest BCUT2D eigenvalue weighted by molar-refractivity contribution is 0.521. The third kappa shape index (κ3) is 3.93. The number of aromatic nitrogens is 2. The Balaban J connectivity index is 1.76. The fraction of sp³-hybridized carbons (Fsp3) is 0.438. The van der Waals surface area contributed by atoms with Gasteiger partial charge < -0.3 is 5.32 Å². The first kappa shape index (κ1) is 13.8. The van der Waals surface area contributed by atoms with Crippen LogP contribution in [0, 0.1) is 6.92 Å². The molecule has 0 aliphatic heterocycles. The molecule has 0 atom stereocenters. The third-order valence-electron chi connectivity index (χ3n) is 3.33. The van der Waals surface area contributed by atoms with Gasteiger partial charge in [0.1, 0.15) is 0 Å². The number of hydrogen-bond donors (Lipinski definition) is 1. The predicted molar refractivity (Wildman–Crippen MR) is 79.2 cm³/mol. The number of hydrogen-bond acceptors (Lipinski definition) is 2. The van der Waals surface area contributed by atoms with Gasteiger partial charge in [0.15, 0.2) is 0 Å². The van der Waals surface area contributed by atoms with Crippen molar-refractivity contribution in [2.24, 2.45) is 0 Å². The minimum Gasteiger partial charge on any atom is -0.311 e. The lowest BCUT2D eigenvalue weighted by atomic mass is 10.1. The van der Waals surface area contributed by atoms with Crippen LogP contribution in [0.25, 0.3) is 0 Å². The Bertz CT molecular complexity index is 514. The van der Waals surface area contributed by atoms with E-state index in [1.165, 1.54) is 11.1 Å². The maximum Gasteiger partial charge on any atom is 0.0762 e. The molecule has 2 aromatic rings. The second-order valence-corrected chi connectivity index (χ2v) is 5.23. The number of nitrogens with one attached hydrogen (secondary N) is 1. The van der Waals surface area contributed by atoms with Crippen LogP contribution in [-0.2, 0) is 13.0 Å². The van der Waals surface area contributed by atoms with Gasteiger partial charge in [-0.1, -0.05) is 24.3 Å². The van der Waals surface area contributed by atoms with Crippen LogP contribution < -0.4 is 5.32 Å². The number of benzene rings is 1. The molecular formula is C16H23N3. The van der Waals surface area contributed by atoms with Crippen LogP contribution in [0.15, 0.2) is 36.5 Å². The zero-order chi connectivity index (χ0) is 13.7. The zero-order valence-corrected chi connectivity index (χ0v) is 12.1. The van der Waals surface area contributed by atoms with E-state index in [1.54, 1.807) is 0 Å². The second kappa shape index (κ2) is 6.53. The Morgan fingerprint density at radius 1 is 1.21 bits per heavy atom. The number of nitrogens with zero attached hydrogens (tertiary/aromatic N) is 2. The molecule has 1 aromatic carbocycles. The van der Waals surface area contributed by atoms with Crippen molar-refractivity contribution in [2.45, 2.75) is 39.8 Å². The number of aryl methyl sites for hydroxylation is 1. The highest BCUT2D eigenvalue weighted by molar-refractivity contribution is 5.25. The van der Waals surface area contributed by atoms with Gasteiger partial charge in [0.05, 0.1) is 5.69 Å². The summed E-state index contributed by atoms with van der Waals surface area (Å²) in [6.45, 7) is 8.27. The molecular weight excluding hydrogens is 234 g/mol. The van der Waals surface area contributed by atoms with Gasteiger partial charge in [-0.05, 0) is 50.9 Å². The van der Waals surface area contributed by atoms with Gasteiger partial charge in [-0.25, -0.2) is 0 Å². The Morgan fingerprint density at radius 2 is 2.00 bits per heavy atom. The Kier molecular flexibility index (Phi) is 4.74. The molecule has 102 valence electrons. The summed E-state index contributed by atoms with van der Waals surface area (Å²) in [5.41, 5.74) is 3.90. The third-order valence-corrected chi connectivity index (χ3v) is 3.33. The second-order valence-electron chi connectivity index (χ2n) is 5.23. The molecule has 0 unspecified atom stereocenters. The fourth-order valence-electron chi connectivity index (χ4n) is 2.09. The summed E-state index contributed by atoms with van der Waals surface area (Å²) in [6.07, 6.45) is 3.11. The van der Waals surface area contributed by atoms with Crippen molar-refractivity contribution in [2.75, 3.05) is 6.54 Å².